The predicted molar refractivity (Wildman–Crippen MR) is 180 cm³/mol. The van der Waals surface area contributed by atoms with E-state index in [0.29, 0.717) is 6.61 Å². The molecule has 0 aromatic heterocycles. The first-order valence-electron chi connectivity index (χ1n) is 15.0. The molecule has 0 atom stereocenters. The predicted octanol–water partition coefficient (Wildman–Crippen LogP) is 9.52. The number of carbonyl (C=O) groups is 2. The highest BCUT2D eigenvalue weighted by atomic mass is 16.5. The third-order valence-electron chi connectivity index (χ3n) is 7.94. The van der Waals surface area contributed by atoms with E-state index in [2.05, 4.69) is 113 Å². The van der Waals surface area contributed by atoms with E-state index in [0.717, 1.165) is 29.5 Å². The maximum Gasteiger partial charge on any atom is 0.330 e. The fourth-order valence-electron chi connectivity index (χ4n) is 5.59. The zero-order valence-corrected chi connectivity index (χ0v) is 25.7. The Balaban J connectivity index is 1.62. The number of hydrogen-bond donors (Lipinski definition) is 0. The second-order valence-electron chi connectivity index (χ2n) is 12.0. The van der Waals surface area contributed by atoms with Crippen molar-refractivity contribution in [2.45, 2.75) is 45.6 Å². The Bertz CT molecular complexity index is 1840. The van der Waals surface area contributed by atoms with Crippen molar-refractivity contribution in [3.05, 3.63) is 133 Å². The third-order valence-corrected chi connectivity index (χ3v) is 7.94. The van der Waals surface area contributed by atoms with E-state index in [1.807, 2.05) is 12.1 Å². The number of hydrogen-bond acceptors (Lipinski definition) is 4. The molecule has 5 aromatic carbocycles. The molecule has 0 unspecified atom stereocenters. The van der Waals surface area contributed by atoms with Gasteiger partial charge in [-0.15, -0.1) is 0 Å². The molecule has 0 bridgehead atoms. The lowest BCUT2D eigenvalue weighted by atomic mass is 9.81. The van der Waals surface area contributed by atoms with Crippen molar-refractivity contribution in [3.8, 4) is 22.3 Å². The van der Waals surface area contributed by atoms with Crippen molar-refractivity contribution < 1.29 is 19.1 Å². The van der Waals surface area contributed by atoms with Crippen LogP contribution in [0.4, 0.5) is 0 Å². The zero-order chi connectivity index (χ0) is 31.3. The summed E-state index contributed by atoms with van der Waals surface area (Å²) in [6.07, 6.45) is 3.95. The van der Waals surface area contributed by atoms with Gasteiger partial charge < -0.3 is 9.47 Å². The summed E-state index contributed by atoms with van der Waals surface area (Å²) in [6, 6.07) is 32.5. The van der Waals surface area contributed by atoms with Crippen molar-refractivity contribution in [1.29, 1.82) is 0 Å². The van der Waals surface area contributed by atoms with E-state index in [9.17, 15) is 9.59 Å². The highest BCUT2D eigenvalue weighted by Gasteiger charge is 2.20. The first-order chi connectivity index (χ1) is 21.2. The fourth-order valence-corrected chi connectivity index (χ4v) is 5.59. The average Bonchev–Trinajstić information content (AvgIpc) is 3.04. The summed E-state index contributed by atoms with van der Waals surface area (Å²) >= 11 is 0. The smallest absolute Gasteiger partial charge is 0.330 e. The molecule has 0 aliphatic heterocycles. The van der Waals surface area contributed by atoms with Gasteiger partial charge in [0.25, 0.3) is 0 Å². The van der Waals surface area contributed by atoms with Crippen LogP contribution >= 0.6 is 0 Å². The number of esters is 2. The molecule has 0 amide bonds. The fraction of sp³-hybridized carbons (Fsp3) is 0.200. The van der Waals surface area contributed by atoms with Gasteiger partial charge in [-0.05, 0) is 84.8 Å². The molecule has 0 radical (unpaired) electrons. The number of carbonyl (C=O) groups excluding carboxylic acids is 2. The largest absolute Gasteiger partial charge is 0.463 e. The maximum absolute atomic E-state index is 11.6. The zero-order valence-electron chi connectivity index (χ0n) is 25.7. The molecular formula is C40H38O4. The number of rotatable bonds is 10. The molecule has 5 aromatic rings. The van der Waals surface area contributed by atoms with Gasteiger partial charge in [-0.2, -0.15) is 0 Å². The van der Waals surface area contributed by atoms with Crippen LogP contribution in [0, 0.1) is 0 Å². The van der Waals surface area contributed by atoms with Gasteiger partial charge in [0.05, 0.1) is 6.61 Å². The van der Waals surface area contributed by atoms with Gasteiger partial charge >= 0.3 is 11.9 Å². The molecule has 0 aliphatic carbocycles. The molecule has 44 heavy (non-hydrogen) atoms. The van der Waals surface area contributed by atoms with Gasteiger partial charge in [-0.25, -0.2) is 9.59 Å². The topological polar surface area (TPSA) is 52.6 Å². The summed E-state index contributed by atoms with van der Waals surface area (Å²) in [5.41, 5.74) is 8.03. The minimum atomic E-state index is -0.432. The monoisotopic (exact) mass is 582 g/mol. The van der Waals surface area contributed by atoms with Crippen LogP contribution in [0.2, 0.25) is 0 Å². The van der Waals surface area contributed by atoms with E-state index in [1.54, 1.807) is 0 Å². The van der Waals surface area contributed by atoms with E-state index in [1.165, 1.54) is 56.0 Å². The summed E-state index contributed by atoms with van der Waals surface area (Å²) in [5.74, 6) is -0.819. The van der Waals surface area contributed by atoms with E-state index in [-0.39, 0.29) is 18.0 Å². The molecule has 0 aliphatic rings. The molecule has 0 heterocycles. The second kappa shape index (κ2) is 13.1. The third kappa shape index (κ3) is 6.65. The first kappa shape index (κ1) is 30.5. The molecule has 4 heteroatoms. The van der Waals surface area contributed by atoms with Crippen molar-refractivity contribution in [2.24, 2.45) is 0 Å². The van der Waals surface area contributed by atoms with Crippen molar-refractivity contribution >= 4 is 33.5 Å². The number of benzene rings is 5. The lowest BCUT2D eigenvalue weighted by molar-refractivity contribution is -0.139. The van der Waals surface area contributed by atoms with E-state index >= 15 is 0 Å². The maximum atomic E-state index is 11.6. The minimum Gasteiger partial charge on any atom is -0.463 e. The summed E-state index contributed by atoms with van der Waals surface area (Å²) in [4.78, 5) is 22.9. The van der Waals surface area contributed by atoms with Crippen LogP contribution in [-0.2, 0) is 37.5 Å². The number of aryl methyl sites for hydroxylation is 1. The lowest BCUT2D eigenvalue weighted by Crippen LogP contribution is -2.10. The van der Waals surface area contributed by atoms with Crippen LogP contribution in [0.25, 0.3) is 43.8 Å². The van der Waals surface area contributed by atoms with Gasteiger partial charge in [0.2, 0.25) is 0 Å². The van der Waals surface area contributed by atoms with Gasteiger partial charge in [0, 0.05) is 12.2 Å². The van der Waals surface area contributed by atoms with Crippen molar-refractivity contribution in [3.63, 3.8) is 0 Å². The van der Waals surface area contributed by atoms with Crippen molar-refractivity contribution in [2.75, 3.05) is 6.61 Å². The Morgan fingerprint density at radius 1 is 0.659 bits per heavy atom. The van der Waals surface area contributed by atoms with Crippen LogP contribution in [0.5, 0.6) is 0 Å². The van der Waals surface area contributed by atoms with Gasteiger partial charge in [0.1, 0.15) is 6.61 Å². The summed E-state index contributed by atoms with van der Waals surface area (Å²) < 4.78 is 10.4. The Hall–Kier alpha value is -4.96. The standard InChI is InChI=1S/C40H38O4/c1-6-36(41)43-24-10-11-27-14-18-30(19-15-27)39-33-13-9-8-12-32(33)38(34-23-22-31(25-35(34)39)40(3,4)5)29-20-16-28(17-21-29)26-44-37(42)7-2/h6-9,12-23,25H,1-2,10-11,24,26H2,3-5H3. The minimum absolute atomic E-state index is 0.0132. The second-order valence-corrected chi connectivity index (χ2v) is 12.0. The SMILES string of the molecule is C=CC(=O)OCCCc1ccc(-c2c3ccccc3c(-c3ccc(COC(=O)C=C)cc3)c3ccc(C(C)(C)C)cc23)cc1. The normalized spacial score (nSPS) is 11.3. The quantitative estimate of drug-likeness (QED) is 0.0712. The van der Waals surface area contributed by atoms with Crippen molar-refractivity contribution in [1.82, 2.24) is 0 Å². The summed E-state index contributed by atoms with van der Waals surface area (Å²) in [6.45, 7) is 14.2. The Morgan fingerprint density at radius 2 is 1.18 bits per heavy atom. The summed E-state index contributed by atoms with van der Waals surface area (Å²) in [5, 5.41) is 4.76. The molecule has 0 saturated heterocycles. The molecule has 0 N–H and O–H groups in total. The molecule has 0 spiro atoms. The Labute approximate surface area is 259 Å². The highest BCUT2D eigenvalue weighted by Crippen LogP contribution is 2.44. The molecule has 5 rings (SSSR count). The van der Waals surface area contributed by atoms with E-state index < -0.39 is 5.97 Å². The van der Waals surface area contributed by atoms with Gasteiger partial charge in [0.15, 0.2) is 0 Å². The molecular weight excluding hydrogens is 544 g/mol. The van der Waals surface area contributed by atoms with E-state index in [4.69, 9.17) is 9.47 Å². The molecule has 0 fully saturated rings. The first-order valence-corrected chi connectivity index (χ1v) is 15.0. The molecule has 4 nitrogen and oxygen atoms in total. The lowest BCUT2D eigenvalue weighted by Gasteiger charge is -2.23. The molecule has 222 valence electrons. The average molecular weight is 583 g/mol. The Morgan fingerprint density at radius 3 is 1.75 bits per heavy atom. The Kier molecular flexibility index (Phi) is 9.10. The van der Waals surface area contributed by atoms with Crippen LogP contribution in [0.1, 0.15) is 43.9 Å². The van der Waals surface area contributed by atoms with Gasteiger partial charge in [-0.1, -0.05) is 119 Å². The number of fused-ring (bicyclic) bond motifs is 2. The van der Waals surface area contributed by atoms with Gasteiger partial charge in [-0.3, -0.25) is 0 Å². The van der Waals surface area contributed by atoms with Crippen LogP contribution < -0.4 is 0 Å². The van der Waals surface area contributed by atoms with Crippen LogP contribution in [0.15, 0.2) is 116 Å². The van der Waals surface area contributed by atoms with Crippen LogP contribution in [0.3, 0.4) is 0 Å². The summed E-state index contributed by atoms with van der Waals surface area (Å²) in [7, 11) is 0. The molecule has 0 saturated carbocycles. The number of ether oxygens (including phenoxy) is 2. The highest BCUT2D eigenvalue weighted by molar-refractivity contribution is 6.21. The van der Waals surface area contributed by atoms with Crippen LogP contribution in [-0.4, -0.2) is 18.5 Å².